The number of anilines is 2. The predicted molar refractivity (Wildman–Crippen MR) is 54.8 cm³/mol. The van der Waals surface area contributed by atoms with Gasteiger partial charge in [0.1, 0.15) is 6.07 Å². The first kappa shape index (κ1) is 8.82. The summed E-state index contributed by atoms with van der Waals surface area (Å²) in [6.45, 7) is 0. The minimum atomic E-state index is 0.490. The van der Waals surface area contributed by atoms with Crippen LogP contribution in [-0.2, 0) is 0 Å². The third-order valence-electron chi connectivity index (χ3n) is 2.52. The maximum Gasteiger partial charge on any atom is 0.153 e. The highest BCUT2D eigenvalue weighted by molar-refractivity contribution is 5.70. The average Bonchev–Trinajstić information content (AvgIpc) is 3.00. The Morgan fingerprint density at radius 1 is 1.64 bits per heavy atom. The van der Waals surface area contributed by atoms with Gasteiger partial charge in [-0.15, -0.1) is 0 Å². The van der Waals surface area contributed by atoms with Gasteiger partial charge in [0.05, 0.1) is 11.3 Å². The van der Waals surface area contributed by atoms with Crippen molar-refractivity contribution >= 4 is 11.5 Å². The molecule has 1 aromatic rings. The van der Waals surface area contributed by atoms with E-state index < -0.39 is 0 Å². The first-order valence-electron chi connectivity index (χ1n) is 4.61. The summed E-state index contributed by atoms with van der Waals surface area (Å²) in [5.74, 6) is 0.728. The fraction of sp³-hybridized carbons (Fsp3) is 0.400. The molecule has 0 radical (unpaired) electrons. The van der Waals surface area contributed by atoms with E-state index in [2.05, 4.69) is 16.0 Å². The number of nitrogens with two attached hydrogens (primary N) is 1. The molecule has 1 fully saturated rings. The SMILES string of the molecule is CN(c1nccc(C#N)c1N)C1CC1. The second kappa shape index (κ2) is 3.18. The van der Waals surface area contributed by atoms with Gasteiger partial charge in [-0.25, -0.2) is 4.98 Å². The van der Waals surface area contributed by atoms with Crippen LogP contribution in [0, 0.1) is 11.3 Å². The first-order valence-corrected chi connectivity index (χ1v) is 4.61. The van der Waals surface area contributed by atoms with Crippen molar-refractivity contribution < 1.29 is 0 Å². The molecular weight excluding hydrogens is 176 g/mol. The molecule has 1 saturated carbocycles. The van der Waals surface area contributed by atoms with E-state index in [1.807, 2.05) is 7.05 Å². The number of hydrogen-bond acceptors (Lipinski definition) is 4. The molecule has 1 aliphatic carbocycles. The summed E-state index contributed by atoms with van der Waals surface area (Å²) < 4.78 is 0. The fourth-order valence-electron chi connectivity index (χ4n) is 1.48. The summed E-state index contributed by atoms with van der Waals surface area (Å²) in [7, 11) is 1.97. The molecule has 0 spiro atoms. The van der Waals surface area contributed by atoms with E-state index in [0.29, 0.717) is 17.3 Å². The molecule has 4 heteroatoms. The molecule has 0 aliphatic heterocycles. The Balaban J connectivity index is 2.37. The number of nitriles is 1. The standard InChI is InChI=1S/C10H12N4/c1-14(8-2-3-8)10-9(12)7(6-11)4-5-13-10/h4-5,8H,2-3,12H2,1H3. The van der Waals surface area contributed by atoms with Gasteiger partial charge in [-0.3, -0.25) is 0 Å². The van der Waals surface area contributed by atoms with Crippen LogP contribution in [0.4, 0.5) is 11.5 Å². The van der Waals surface area contributed by atoms with Gasteiger partial charge in [0.25, 0.3) is 0 Å². The van der Waals surface area contributed by atoms with Crippen molar-refractivity contribution in [3.8, 4) is 6.07 Å². The van der Waals surface area contributed by atoms with Crippen molar-refractivity contribution in [2.75, 3.05) is 17.7 Å². The van der Waals surface area contributed by atoms with Crippen molar-refractivity contribution in [1.82, 2.24) is 4.98 Å². The smallest absolute Gasteiger partial charge is 0.153 e. The summed E-state index contributed by atoms with van der Waals surface area (Å²) in [6.07, 6.45) is 4.01. The van der Waals surface area contributed by atoms with Gasteiger partial charge in [-0.2, -0.15) is 5.26 Å². The zero-order valence-corrected chi connectivity index (χ0v) is 8.07. The van der Waals surface area contributed by atoms with E-state index in [1.54, 1.807) is 12.3 Å². The Morgan fingerprint density at radius 2 is 2.36 bits per heavy atom. The molecule has 2 rings (SSSR count). The molecule has 0 aromatic carbocycles. The lowest BCUT2D eigenvalue weighted by Gasteiger charge is -2.19. The van der Waals surface area contributed by atoms with Gasteiger partial charge < -0.3 is 10.6 Å². The van der Waals surface area contributed by atoms with Crippen LogP contribution in [-0.4, -0.2) is 18.1 Å². The van der Waals surface area contributed by atoms with E-state index >= 15 is 0 Å². The van der Waals surface area contributed by atoms with E-state index in [-0.39, 0.29) is 0 Å². The molecule has 0 saturated heterocycles. The highest BCUT2D eigenvalue weighted by atomic mass is 15.2. The molecule has 14 heavy (non-hydrogen) atoms. The monoisotopic (exact) mass is 188 g/mol. The first-order chi connectivity index (χ1) is 6.74. The normalized spacial score (nSPS) is 14.9. The number of aromatic nitrogens is 1. The number of hydrogen-bond donors (Lipinski definition) is 1. The van der Waals surface area contributed by atoms with Crippen LogP contribution in [0.1, 0.15) is 18.4 Å². The third kappa shape index (κ3) is 1.37. The Hall–Kier alpha value is -1.76. The predicted octanol–water partition coefficient (Wildman–Crippen LogP) is 1.13. The molecule has 1 aromatic heterocycles. The molecule has 0 bridgehead atoms. The number of nitrogens with zero attached hydrogens (tertiary/aromatic N) is 3. The summed E-state index contributed by atoms with van der Waals surface area (Å²) in [5, 5.41) is 8.80. The largest absolute Gasteiger partial charge is 0.395 e. The van der Waals surface area contributed by atoms with Crippen LogP contribution in [0.25, 0.3) is 0 Å². The van der Waals surface area contributed by atoms with Crippen LogP contribution in [0.2, 0.25) is 0 Å². The third-order valence-corrected chi connectivity index (χ3v) is 2.52. The lowest BCUT2D eigenvalue weighted by Crippen LogP contribution is -2.22. The topological polar surface area (TPSA) is 65.9 Å². The van der Waals surface area contributed by atoms with Crippen LogP contribution >= 0.6 is 0 Å². The molecule has 4 nitrogen and oxygen atoms in total. The van der Waals surface area contributed by atoms with Gasteiger partial charge in [0.2, 0.25) is 0 Å². The second-order valence-corrected chi connectivity index (χ2v) is 3.55. The molecule has 0 unspecified atom stereocenters. The van der Waals surface area contributed by atoms with Crippen LogP contribution in [0.3, 0.4) is 0 Å². The summed E-state index contributed by atoms with van der Waals surface area (Å²) >= 11 is 0. The van der Waals surface area contributed by atoms with Crippen LogP contribution in [0.5, 0.6) is 0 Å². The Kier molecular flexibility index (Phi) is 2.01. The summed E-state index contributed by atoms with van der Waals surface area (Å²) in [6, 6.07) is 4.25. The van der Waals surface area contributed by atoms with Gasteiger partial charge >= 0.3 is 0 Å². The second-order valence-electron chi connectivity index (χ2n) is 3.55. The Bertz CT molecular complexity index is 390. The van der Waals surface area contributed by atoms with E-state index in [9.17, 15) is 0 Å². The molecule has 1 aliphatic rings. The minimum absolute atomic E-state index is 0.490. The molecule has 2 N–H and O–H groups in total. The highest BCUT2D eigenvalue weighted by Gasteiger charge is 2.28. The number of nitrogen functional groups attached to an aromatic ring is 1. The van der Waals surface area contributed by atoms with E-state index in [1.165, 1.54) is 12.8 Å². The molecule has 1 heterocycles. The van der Waals surface area contributed by atoms with E-state index in [0.717, 1.165) is 5.82 Å². The lowest BCUT2D eigenvalue weighted by molar-refractivity contribution is 0.894. The fourth-order valence-corrected chi connectivity index (χ4v) is 1.48. The lowest BCUT2D eigenvalue weighted by atomic mass is 10.2. The zero-order valence-electron chi connectivity index (χ0n) is 8.07. The zero-order chi connectivity index (χ0) is 10.1. The van der Waals surface area contributed by atoms with Gasteiger partial charge in [-0.05, 0) is 18.9 Å². The molecule has 72 valence electrons. The minimum Gasteiger partial charge on any atom is -0.395 e. The van der Waals surface area contributed by atoms with Gasteiger partial charge in [-0.1, -0.05) is 0 Å². The quantitative estimate of drug-likeness (QED) is 0.755. The average molecular weight is 188 g/mol. The van der Waals surface area contributed by atoms with Crippen LogP contribution < -0.4 is 10.6 Å². The van der Waals surface area contributed by atoms with Crippen molar-refractivity contribution in [3.63, 3.8) is 0 Å². The number of pyridine rings is 1. The van der Waals surface area contributed by atoms with Crippen molar-refractivity contribution in [2.45, 2.75) is 18.9 Å². The van der Waals surface area contributed by atoms with E-state index in [4.69, 9.17) is 11.0 Å². The number of rotatable bonds is 2. The highest BCUT2D eigenvalue weighted by Crippen LogP contribution is 2.32. The molecule has 0 atom stereocenters. The maximum absolute atomic E-state index is 8.80. The van der Waals surface area contributed by atoms with Crippen molar-refractivity contribution in [3.05, 3.63) is 17.8 Å². The Morgan fingerprint density at radius 3 is 2.93 bits per heavy atom. The van der Waals surface area contributed by atoms with Crippen LogP contribution in [0.15, 0.2) is 12.3 Å². The molecular formula is C10H12N4. The van der Waals surface area contributed by atoms with Crippen molar-refractivity contribution in [1.29, 1.82) is 5.26 Å². The molecule has 0 amide bonds. The maximum atomic E-state index is 8.80. The summed E-state index contributed by atoms with van der Waals surface area (Å²) in [5.41, 5.74) is 6.83. The Labute approximate surface area is 83.0 Å². The van der Waals surface area contributed by atoms with Crippen molar-refractivity contribution in [2.24, 2.45) is 0 Å². The van der Waals surface area contributed by atoms with Gasteiger partial charge in [0, 0.05) is 19.3 Å². The summed E-state index contributed by atoms with van der Waals surface area (Å²) in [4.78, 5) is 6.25. The van der Waals surface area contributed by atoms with Gasteiger partial charge in [0.15, 0.2) is 5.82 Å².